The number of phenolic OH excluding ortho intramolecular Hbond substituents is 1. The molecule has 0 spiro atoms. The first kappa shape index (κ1) is 6.84. The second-order valence-corrected chi connectivity index (χ2v) is 3.64. The van der Waals surface area contributed by atoms with Crippen molar-refractivity contribution in [2.45, 2.75) is 0 Å². The van der Waals surface area contributed by atoms with Gasteiger partial charge in [0.1, 0.15) is 12.1 Å². The van der Waals surface area contributed by atoms with Crippen LogP contribution in [0.1, 0.15) is 4.11 Å². The third-order valence-electron chi connectivity index (χ3n) is 1.94. The molecule has 0 bridgehead atoms. The van der Waals surface area contributed by atoms with E-state index in [1.165, 1.54) is 12.4 Å². The standard InChI is InChI=1S/C9H8BrN3O2/c1-15-5-2-4(10)7-6(8(5)14)9(11)13-3-12-7/h2-3,14H,1H3,(H2,11,12,13)/i1D3. The highest BCUT2D eigenvalue weighted by atomic mass is 79.9. The van der Waals surface area contributed by atoms with Crippen LogP contribution in [0.15, 0.2) is 16.9 Å². The third kappa shape index (κ3) is 1.46. The van der Waals surface area contributed by atoms with Crippen molar-refractivity contribution in [2.75, 3.05) is 12.8 Å². The molecule has 15 heavy (non-hydrogen) atoms. The number of rotatable bonds is 1. The van der Waals surface area contributed by atoms with Crippen molar-refractivity contribution in [2.24, 2.45) is 0 Å². The summed E-state index contributed by atoms with van der Waals surface area (Å²) in [6.45, 7) is 0. The van der Waals surface area contributed by atoms with Gasteiger partial charge in [-0.1, -0.05) is 0 Å². The molecule has 0 radical (unpaired) electrons. The summed E-state index contributed by atoms with van der Waals surface area (Å²) in [5.41, 5.74) is 6.00. The van der Waals surface area contributed by atoms with Gasteiger partial charge in [0.15, 0.2) is 11.5 Å². The zero-order chi connectivity index (χ0) is 13.5. The number of nitrogens with zero attached hydrogens (tertiary/aromatic N) is 2. The minimum Gasteiger partial charge on any atom is -0.504 e. The van der Waals surface area contributed by atoms with Crippen LogP contribution >= 0.6 is 15.9 Å². The first-order chi connectivity index (χ1) is 8.29. The van der Waals surface area contributed by atoms with Gasteiger partial charge >= 0.3 is 0 Å². The molecule has 0 unspecified atom stereocenters. The van der Waals surface area contributed by atoms with E-state index in [9.17, 15) is 5.11 Å². The molecule has 1 aromatic heterocycles. The molecule has 0 saturated heterocycles. The predicted molar refractivity (Wildman–Crippen MR) is 59.9 cm³/mol. The normalized spacial score (nSPS) is 14.3. The summed E-state index contributed by atoms with van der Waals surface area (Å²) < 4.78 is 26.2. The topological polar surface area (TPSA) is 81.3 Å². The van der Waals surface area contributed by atoms with Crippen LogP contribution in [0.4, 0.5) is 5.82 Å². The van der Waals surface area contributed by atoms with Gasteiger partial charge in [0.05, 0.1) is 22.1 Å². The van der Waals surface area contributed by atoms with E-state index in [0.717, 1.165) is 0 Å². The van der Waals surface area contributed by atoms with Crippen LogP contribution in [0.5, 0.6) is 11.5 Å². The quantitative estimate of drug-likeness (QED) is 0.826. The van der Waals surface area contributed by atoms with Gasteiger partial charge in [0.25, 0.3) is 0 Å². The Morgan fingerprint density at radius 2 is 2.40 bits per heavy atom. The zero-order valence-corrected chi connectivity index (χ0v) is 8.95. The molecule has 2 aromatic rings. The van der Waals surface area contributed by atoms with Crippen molar-refractivity contribution in [3.05, 3.63) is 16.9 Å². The predicted octanol–water partition coefficient (Wildman–Crippen LogP) is 1.69. The maximum Gasteiger partial charge on any atom is 0.171 e. The van der Waals surface area contributed by atoms with Crippen LogP contribution in [0.2, 0.25) is 0 Å². The van der Waals surface area contributed by atoms with Gasteiger partial charge in [-0.05, 0) is 15.9 Å². The molecule has 2 rings (SSSR count). The molecule has 6 heteroatoms. The summed E-state index contributed by atoms with van der Waals surface area (Å²) in [6.07, 6.45) is 1.24. The van der Waals surface area contributed by atoms with Crippen LogP contribution in [-0.4, -0.2) is 22.1 Å². The Morgan fingerprint density at radius 3 is 3.13 bits per heavy atom. The van der Waals surface area contributed by atoms with E-state index in [1.54, 1.807) is 0 Å². The second-order valence-electron chi connectivity index (χ2n) is 2.79. The Hall–Kier alpha value is -1.56. The zero-order valence-electron chi connectivity index (χ0n) is 10.4. The summed E-state index contributed by atoms with van der Waals surface area (Å²) in [6, 6.07) is 1.32. The molecule has 0 aliphatic carbocycles. The van der Waals surface area contributed by atoms with Crippen LogP contribution in [-0.2, 0) is 0 Å². The van der Waals surface area contributed by atoms with Crippen molar-refractivity contribution in [1.29, 1.82) is 0 Å². The lowest BCUT2D eigenvalue weighted by atomic mass is 10.2. The average Bonchev–Trinajstić information content (AvgIpc) is 2.23. The maximum absolute atomic E-state index is 9.96. The molecule has 78 valence electrons. The summed E-state index contributed by atoms with van der Waals surface area (Å²) in [7, 11) is -2.67. The number of phenols is 1. The lowest BCUT2D eigenvalue weighted by molar-refractivity contribution is 0.376. The van der Waals surface area contributed by atoms with Gasteiger partial charge in [-0.15, -0.1) is 0 Å². The molecule has 0 saturated carbocycles. The van der Waals surface area contributed by atoms with E-state index in [-0.39, 0.29) is 17.0 Å². The molecule has 3 N–H and O–H groups in total. The number of aromatic nitrogens is 2. The largest absolute Gasteiger partial charge is 0.504 e. The fourth-order valence-corrected chi connectivity index (χ4v) is 1.78. The fraction of sp³-hybridized carbons (Fsp3) is 0.111. The number of halogens is 1. The second kappa shape index (κ2) is 3.54. The number of ether oxygens (including phenoxy) is 1. The fourth-order valence-electron chi connectivity index (χ4n) is 1.27. The minimum absolute atomic E-state index is 0.0363. The van der Waals surface area contributed by atoms with Crippen molar-refractivity contribution >= 4 is 32.7 Å². The Balaban J connectivity index is 2.71. The molecule has 0 fully saturated rings. The molecule has 0 atom stereocenters. The lowest BCUT2D eigenvalue weighted by Gasteiger charge is -2.08. The Morgan fingerprint density at radius 1 is 1.60 bits per heavy atom. The number of methoxy groups -OCH3 is 1. The van der Waals surface area contributed by atoms with E-state index >= 15 is 0 Å². The van der Waals surface area contributed by atoms with Gasteiger partial charge in [-0.3, -0.25) is 0 Å². The average molecular weight is 273 g/mol. The van der Waals surface area contributed by atoms with E-state index < -0.39 is 12.8 Å². The van der Waals surface area contributed by atoms with E-state index in [4.69, 9.17) is 9.85 Å². The monoisotopic (exact) mass is 272 g/mol. The number of aromatic hydroxyl groups is 1. The molecule has 5 nitrogen and oxygen atoms in total. The number of hydrogen-bond acceptors (Lipinski definition) is 5. The molecule has 0 aliphatic heterocycles. The Labute approximate surface area is 98.2 Å². The molecule has 0 aliphatic rings. The minimum atomic E-state index is -2.67. The van der Waals surface area contributed by atoms with Crippen molar-refractivity contribution in [1.82, 2.24) is 9.97 Å². The van der Waals surface area contributed by atoms with Crippen LogP contribution in [0.25, 0.3) is 10.9 Å². The van der Waals surface area contributed by atoms with Crippen molar-refractivity contribution in [3.8, 4) is 11.5 Å². The molecular formula is C9H8BrN3O2. The number of fused-ring (bicyclic) bond motifs is 1. The van der Waals surface area contributed by atoms with E-state index in [0.29, 0.717) is 9.99 Å². The van der Waals surface area contributed by atoms with E-state index in [2.05, 4.69) is 30.6 Å². The summed E-state index contributed by atoms with van der Waals surface area (Å²) in [4.78, 5) is 7.68. The van der Waals surface area contributed by atoms with Gasteiger partial charge in [-0.2, -0.15) is 0 Å². The molecule has 1 heterocycles. The van der Waals surface area contributed by atoms with Crippen molar-refractivity contribution in [3.63, 3.8) is 0 Å². The van der Waals surface area contributed by atoms with E-state index in [1.807, 2.05) is 0 Å². The molecular weight excluding hydrogens is 262 g/mol. The Kier molecular flexibility index (Phi) is 1.61. The number of anilines is 1. The van der Waals surface area contributed by atoms with Crippen molar-refractivity contribution < 1.29 is 14.0 Å². The number of nitrogens with two attached hydrogens (primary N) is 1. The SMILES string of the molecule is [2H]C([2H])([2H])Oc1cc(Br)c2ncnc(N)c2c1O. The lowest BCUT2D eigenvalue weighted by Crippen LogP contribution is -1.95. The highest BCUT2D eigenvalue weighted by Gasteiger charge is 2.14. The molecule has 1 aromatic carbocycles. The van der Waals surface area contributed by atoms with Gasteiger partial charge < -0.3 is 15.6 Å². The third-order valence-corrected chi connectivity index (χ3v) is 2.55. The highest BCUT2D eigenvalue weighted by molar-refractivity contribution is 9.10. The van der Waals surface area contributed by atoms with Gasteiger partial charge in [-0.25, -0.2) is 9.97 Å². The summed E-state index contributed by atoms with van der Waals surface area (Å²) >= 11 is 3.20. The van der Waals surface area contributed by atoms with Gasteiger partial charge in [0.2, 0.25) is 0 Å². The number of nitrogen functional groups attached to an aromatic ring is 1. The summed E-state index contributed by atoms with van der Waals surface area (Å²) in [5, 5.41) is 10.1. The smallest absolute Gasteiger partial charge is 0.171 e. The number of benzene rings is 1. The highest BCUT2D eigenvalue weighted by Crippen LogP contribution is 2.39. The first-order valence-corrected chi connectivity index (χ1v) is 4.69. The number of hydrogen-bond donors (Lipinski definition) is 2. The van der Waals surface area contributed by atoms with Crippen LogP contribution in [0, 0.1) is 0 Å². The Bertz CT molecular complexity index is 618. The maximum atomic E-state index is 9.96. The van der Waals surface area contributed by atoms with Crippen LogP contribution < -0.4 is 10.5 Å². The van der Waals surface area contributed by atoms with Gasteiger partial charge in [0, 0.05) is 10.5 Å². The van der Waals surface area contributed by atoms with Crippen LogP contribution in [0.3, 0.4) is 0 Å². The first-order valence-electron chi connectivity index (χ1n) is 5.40. The summed E-state index contributed by atoms with van der Waals surface area (Å²) in [5.74, 6) is -0.576. The molecule has 0 amide bonds.